The van der Waals surface area contributed by atoms with E-state index in [4.69, 9.17) is 17.3 Å². The lowest BCUT2D eigenvalue weighted by molar-refractivity contribution is -0.137. The van der Waals surface area contributed by atoms with Crippen LogP contribution in [0.5, 0.6) is 0 Å². The van der Waals surface area contributed by atoms with E-state index in [0.29, 0.717) is 16.3 Å². The second-order valence-electron chi connectivity index (χ2n) is 8.66. The molecule has 0 spiro atoms. The van der Waals surface area contributed by atoms with E-state index in [1.165, 1.54) is 16.2 Å². The first kappa shape index (κ1) is 25.5. The number of aliphatic carboxylic acids is 1. The molecule has 34 heavy (non-hydrogen) atoms. The summed E-state index contributed by atoms with van der Waals surface area (Å²) in [5.74, 6) is -2.19. The van der Waals surface area contributed by atoms with Crippen LogP contribution in [0.25, 0.3) is 11.1 Å². The summed E-state index contributed by atoms with van der Waals surface area (Å²) in [4.78, 5) is 39.8. The lowest BCUT2D eigenvalue weighted by Gasteiger charge is -2.43. The van der Waals surface area contributed by atoms with Gasteiger partial charge in [0.2, 0.25) is 5.91 Å². The van der Waals surface area contributed by atoms with Gasteiger partial charge in [0.25, 0.3) is 5.91 Å². The van der Waals surface area contributed by atoms with Crippen molar-refractivity contribution in [3.8, 4) is 11.1 Å². The standard InChI is InChI=1S/C26H27ClN2O4S/c1-26(2,16-20-12-14-22(27)34-20)29(21(24(28)32)13-15-23(30)31)25(33)19-10-8-18(9-11-19)17-6-4-3-5-7-17/h3-12,14,21H,13,15-16H2,1-2H3,(H2,28,32)(H,30,31)/t21-/m0/s1. The first-order chi connectivity index (χ1) is 16.1. The normalized spacial score (nSPS) is 12.2. The molecule has 1 heterocycles. The van der Waals surface area contributed by atoms with Crippen LogP contribution in [-0.4, -0.2) is 39.4 Å². The average Bonchev–Trinajstić information content (AvgIpc) is 3.20. The summed E-state index contributed by atoms with van der Waals surface area (Å²) in [6.07, 6.45) is 0.0629. The number of primary amides is 1. The van der Waals surface area contributed by atoms with E-state index in [-0.39, 0.29) is 18.7 Å². The molecule has 0 saturated carbocycles. The Labute approximate surface area is 208 Å². The van der Waals surface area contributed by atoms with Gasteiger partial charge in [0.05, 0.1) is 4.34 Å². The van der Waals surface area contributed by atoms with Gasteiger partial charge in [-0.15, -0.1) is 11.3 Å². The van der Waals surface area contributed by atoms with Crippen molar-refractivity contribution < 1.29 is 19.5 Å². The highest BCUT2D eigenvalue weighted by atomic mass is 35.5. The van der Waals surface area contributed by atoms with Gasteiger partial charge >= 0.3 is 5.97 Å². The molecule has 1 atom stereocenters. The number of carbonyl (C=O) groups is 3. The SMILES string of the molecule is CC(C)(Cc1ccc(Cl)s1)N(C(=O)c1ccc(-c2ccccc2)cc1)[C@@H](CCC(=O)O)C(N)=O. The molecule has 8 heteroatoms. The third-order valence-electron chi connectivity index (χ3n) is 5.62. The highest BCUT2D eigenvalue weighted by molar-refractivity contribution is 7.16. The number of nitrogens with two attached hydrogens (primary N) is 1. The Balaban J connectivity index is 1.98. The molecule has 1 aromatic heterocycles. The summed E-state index contributed by atoms with van der Waals surface area (Å²) >= 11 is 7.48. The Hall–Kier alpha value is -3.16. The molecule has 0 aliphatic carbocycles. The second kappa shape index (κ2) is 10.8. The molecule has 6 nitrogen and oxygen atoms in total. The number of carboxylic acid groups (broad SMARTS) is 1. The van der Waals surface area contributed by atoms with Gasteiger partial charge in [-0.3, -0.25) is 14.4 Å². The zero-order valence-corrected chi connectivity index (χ0v) is 20.6. The van der Waals surface area contributed by atoms with Gasteiger partial charge in [0, 0.05) is 28.8 Å². The molecule has 3 rings (SSSR count). The molecule has 3 N–H and O–H groups in total. The highest BCUT2D eigenvalue weighted by Gasteiger charge is 2.40. The topological polar surface area (TPSA) is 101 Å². The fraction of sp³-hybridized carbons (Fsp3) is 0.269. The molecule has 0 aliphatic heterocycles. The molecule has 0 saturated heterocycles. The summed E-state index contributed by atoms with van der Waals surface area (Å²) < 4.78 is 0.623. The Morgan fingerprint density at radius 3 is 2.15 bits per heavy atom. The van der Waals surface area contributed by atoms with Gasteiger partial charge < -0.3 is 15.7 Å². The Morgan fingerprint density at radius 2 is 1.62 bits per heavy atom. The number of nitrogens with zero attached hydrogens (tertiary/aromatic N) is 1. The predicted molar refractivity (Wildman–Crippen MR) is 135 cm³/mol. The number of hydrogen-bond acceptors (Lipinski definition) is 4. The number of hydrogen-bond donors (Lipinski definition) is 2. The van der Waals surface area contributed by atoms with Crippen LogP contribution in [0, 0.1) is 0 Å². The molecular formula is C26H27ClN2O4S. The molecule has 2 amide bonds. The zero-order chi connectivity index (χ0) is 24.9. The molecule has 2 aromatic carbocycles. The number of amides is 2. The lowest BCUT2D eigenvalue weighted by Crippen LogP contribution is -2.58. The van der Waals surface area contributed by atoms with E-state index in [1.54, 1.807) is 18.2 Å². The lowest BCUT2D eigenvalue weighted by atomic mass is 9.91. The summed E-state index contributed by atoms with van der Waals surface area (Å²) in [7, 11) is 0. The van der Waals surface area contributed by atoms with Crippen LogP contribution in [0.1, 0.15) is 41.9 Å². The Morgan fingerprint density at radius 1 is 1.00 bits per heavy atom. The summed E-state index contributed by atoms with van der Waals surface area (Å²) in [6, 6.07) is 19.5. The minimum absolute atomic E-state index is 0.0763. The van der Waals surface area contributed by atoms with Crippen molar-refractivity contribution in [1.29, 1.82) is 0 Å². The van der Waals surface area contributed by atoms with Crippen LogP contribution < -0.4 is 5.73 Å². The van der Waals surface area contributed by atoms with E-state index in [9.17, 15) is 19.5 Å². The quantitative estimate of drug-likeness (QED) is 0.398. The predicted octanol–water partition coefficient (Wildman–Crippen LogP) is 5.25. The van der Waals surface area contributed by atoms with E-state index in [2.05, 4.69) is 0 Å². The van der Waals surface area contributed by atoms with Crippen LogP contribution in [0.15, 0.2) is 66.7 Å². The van der Waals surface area contributed by atoms with Crippen molar-refractivity contribution in [2.75, 3.05) is 0 Å². The van der Waals surface area contributed by atoms with Gasteiger partial charge in [-0.05, 0) is 55.7 Å². The van der Waals surface area contributed by atoms with E-state index < -0.39 is 23.5 Å². The van der Waals surface area contributed by atoms with Crippen molar-refractivity contribution in [2.45, 2.75) is 44.7 Å². The van der Waals surface area contributed by atoms with Crippen LogP contribution >= 0.6 is 22.9 Å². The number of halogens is 1. The van der Waals surface area contributed by atoms with Crippen molar-refractivity contribution in [2.24, 2.45) is 5.73 Å². The molecular weight excluding hydrogens is 472 g/mol. The van der Waals surface area contributed by atoms with Gasteiger partial charge in [-0.1, -0.05) is 54.1 Å². The minimum atomic E-state index is -1.08. The number of rotatable bonds is 10. The number of carboxylic acids is 1. The maximum atomic E-state index is 13.8. The van der Waals surface area contributed by atoms with Gasteiger partial charge in [-0.25, -0.2) is 0 Å². The van der Waals surface area contributed by atoms with Crippen LogP contribution in [0.2, 0.25) is 4.34 Å². The fourth-order valence-electron chi connectivity index (χ4n) is 4.03. The number of thiophene rings is 1. The summed E-state index contributed by atoms with van der Waals surface area (Å²) in [5, 5.41) is 9.19. The molecule has 0 bridgehead atoms. The zero-order valence-electron chi connectivity index (χ0n) is 19.0. The minimum Gasteiger partial charge on any atom is -0.481 e. The Bertz CT molecular complexity index is 1160. The number of carbonyl (C=O) groups excluding carboxylic acids is 2. The summed E-state index contributed by atoms with van der Waals surface area (Å²) in [6.45, 7) is 3.68. The van der Waals surface area contributed by atoms with Gasteiger partial charge in [0.1, 0.15) is 6.04 Å². The number of benzene rings is 2. The van der Waals surface area contributed by atoms with Crippen molar-refractivity contribution in [3.63, 3.8) is 0 Å². The van der Waals surface area contributed by atoms with Gasteiger partial charge in [0.15, 0.2) is 0 Å². The van der Waals surface area contributed by atoms with Crippen LogP contribution in [0.4, 0.5) is 0 Å². The smallest absolute Gasteiger partial charge is 0.303 e. The van der Waals surface area contributed by atoms with Crippen LogP contribution in [0.3, 0.4) is 0 Å². The van der Waals surface area contributed by atoms with Crippen LogP contribution in [-0.2, 0) is 16.0 Å². The second-order valence-corrected chi connectivity index (χ2v) is 10.5. The molecule has 178 valence electrons. The van der Waals surface area contributed by atoms with E-state index >= 15 is 0 Å². The molecule has 3 aromatic rings. The third-order valence-corrected chi connectivity index (χ3v) is 6.85. The average molecular weight is 499 g/mol. The molecule has 0 aliphatic rings. The molecule has 0 fully saturated rings. The first-order valence-corrected chi connectivity index (χ1v) is 12.0. The largest absolute Gasteiger partial charge is 0.481 e. The van der Waals surface area contributed by atoms with Crippen molar-refractivity contribution in [1.82, 2.24) is 4.90 Å². The van der Waals surface area contributed by atoms with E-state index in [0.717, 1.165) is 16.0 Å². The van der Waals surface area contributed by atoms with Crippen molar-refractivity contribution in [3.05, 3.63) is 81.5 Å². The van der Waals surface area contributed by atoms with Crippen molar-refractivity contribution >= 4 is 40.7 Å². The highest BCUT2D eigenvalue weighted by Crippen LogP contribution is 2.31. The summed E-state index contributed by atoms with van der Waals surface area (Å²) in [5.41, 5.74) is 7.20. The van der Waals surface area contributed by atoms with E-state index in [1.807, 2.05) is 62.4 Å². The fourth-order valence-corrected chi connectivity index (χ4v) is 5.34. The Kier molecular flexibility index (Phi) is 8.12. The third kappa shape index (κ3) is 6.24. The maximum Gasteiger partial charge on any atom is 0.303 e. The van der Waals surface area contributed by atoms with Gasteiger partial charge in [-0.2, -0.15) is 0 Å². The monoisotopic (exact) mass is 498 g/mol. The molecule has 0 unspecified atom stereocenters. The maximum absolute atomic E-state index is 13.8. The first-order valence-electron chi connectivity index (χ1n) is 10.8. The molecule has 0 radical (unpaired) electrons.